The highest BCUT2D eigenvalue weighted by Crippen LogP contribution is 2.16. The fraction of sp³-hybridized carbons (Fsp3) is 0.600. The first-order valence-electron chi connectivity index (χ1n) is 6.86. The lowest BCUT2D eigenvalue weighted by Gasteiger charge is -2.16. The van der Waals surface area contributed by atoms with Gasteiger partial charge in [0, 0.05) is 19.7 Å². The highest BCUT2D eigenvalue weighted by Gasteiger charge is 2.20. The van der Waals surface area contributed by atoms with Crippen molar-refractivity contribution in [3.05, 3.63) is 29.8 Å². The summed E-state index contributed by atoms with van der Waals surface area (Å²) in [6, 6.07) is 8.32. The third-order valence-corrected chi connectivity index (χ3v) is 3.64. The Labute approximate surface area is 109 Å². The molecule has 1 aromatic rings. The van der Waals surface area contributed by atoms with Gasteiger partial charge in [-0.15, -0.1) is 0 Å². The van der Waals surface area contributed by atoms with Gasteiger partial charge in [-0.2, -0.15) is 0 Å². The second kappa shape index (κ2) is 6.76. The van der Waals surface area contributed by atoms with E-state index in [1.54, 1.807) is 0 Å². The maximum Gasteiger partial charge on any atom is 0.119 e. The average molecular weight is 249 g/mol. The summed E-state index contributed by atoms with van der Waals surface area (Å²) in [5.41, 5.74) is 1.34. The molecule has 2 rings (SSSR count). The maximum atomic E-state index is 9.08. The molecule has 0 bridgehead atoms. The Kier molecular flexibility index (Phi) is 5.02. The van der Waals surface area contributed by atoms with E-state index in [1.807, 2.05) is 12.1 Å². The largest absolute Gasteiger partial charge is 0.492 e. The smallest absolute Gasteiger partial charge is 0.119 e. The third-order valence-electron chi connectivity index (χ3n) is 3.64. The first-order valence-corrected chi connectivity index (χ1v) is 6.86. The minimum Gasteiger partial charge on any atom is -0.492 e. The molecule has 1 fully saturated rings. The van der Waals surface area contributed by atoms with Crippen LogP contribution in [0.25, 0.3) is 0 Å². The topological polar surface area (TPSA) is 32.7 Å². The molecular weight excluding hydrogens is 226 g/mol. The second-order valence-electron chi connectivity index (χ2n) is 4.98. The fourth-order valence-electron chi connectivity index (χ4n) is 2.38. The van der Waals surface area contributed by atoms with Gasteiger partial charge in [-0.1, -0.05) is 19.1 Å². The zero-order valence-electron chi connectivity index (χ0n) is 11.1. The van der Waals surface area contributed by atoms with Crippen molar-refractivity contribution in [2.75, 3.05) is 32.8 Å². The standard InChI is InChI=1S/C15H23NO2/c1-2-13-3-5-15(6-4-13)18-10-9-16-8-7-14(11-16)12-17/h3-6,14,17H,2,7-12H2,1H3. The van der Waals surface area contributed by atoms with E-state index in [0.29, 0.717) is 12.5 Å². The van der Waals surface area contributed by atoms with Crippen LogP contribution in [-0.2, 0) is 6.42 Å². The minimum absolute atomic E-state index is 0.315. The van der Waals surface area contributed by atoms with Gasteiger partial charge in [-0.3, -0.25) is 4.90 Å². The Balaban J connectivity index is 1.68. The molecule has 3 nitrogen and oxygen atoms in total. The summed E-state index contributed by atoms with van der Waals surface area (Å²) < 4.78 is 5.73. The third kappa shape index (κ3) is 3.72. The molecule has 100 valence electrons. The Hall–Kier alpha value is -1.06. The van der Waals surface area contributed by atoms with Crippen LogP contribution in [0.15, 0.2) is 24.3 Å². The molecule has 1 heterocycles. The van der Waals surface area contributed by atoms with Gasteiger partial charge < -0.3 is 9.84 Å². The summed E-state index contributed by atoms with van der Waals surface area (Å²) in [4.78, 5) is 2.36. The Morgan fingerprint density at radius 3 is 2.72 bits per heavy atom. The molecule has 18 heavy (non-hydrogen) atoms. The quantitative estimate of drug-likeness (QED) is 0.836. The predicted octanol–water partition coefficient (Wildman–Crippen LogP) is 1.94. The highest BCUT2D eigenvalue weighted by molar-refractivity contribution is 5.27. The van der Waals surface area contributed by atoms with Crippen molar-refractivity contribution in [1.82, 2.24) is 4.90 Å². The van der Waals surface area contributed by atoms with Crippen molar-refractivity contribution in [1.29, 1.82) is 0 Å². The van der Waals surface area contributed by atoms with Gasteiger partial charge in [-0.05, 0) is 43.0 Å². The molecule has 0 aromatic heterocycles. The molecule has 1 saturated heterocycles. The number of likely N-dealkylation sites (tertiary alicyclic amines) is 1. The van der Waals surface area contributed by atoms with Crippen LogP contribution in [0, 0.1) is 5.92 Å². The number of aryl methyl sites for hydroxylation is 1. The molecule has 0 spiro atoms. The summed E-state index contributed by atoms with van der Waals surface area (Å²) in [5.74, 6) is 1.42. The van der Waals surface area contributed by atoms with Crippen LogP contribution in [0.3, 0.4) is 0 Å². The number of benzene rings is 1. The monoisotopic (exact) mass is 249 g/mol. The predicted molar refractivity (Wildman–Crippen MR) is 72.9 cm³/mol. The Morgan fingerprint density at radius 1 is 1.33 bits per heavy atom. The zero-order chi connectivity index (χ0) is 12.8. The van der Waals surface area contributed by atoms with Gasteiger partial charge >= 0.3 is 0 Å². The number of ether oxygens (including phenoxy) is 1. The van der Waals surface area contributed by atoms with Crippen molar-refractivity contribution in [2.45, 2.75) is 19.8 Å². The molecule has 3 heteroatoms. The Morgan fingerprint density at radius 2 is 2.11 bits per heavy atom. The van der Waals surface area contributed by atoms with E-state index in [4.69, 9.17) is 9.84 Å². The zero-order valence-corrected chi connectivity index (χ0v) is 11.1. The molecular formula is C15H23NO2. The fourth-order valence-corrected chi connectivity index (χ4v) is 2.38. The van der Waals surface area contributed by atoms with Crippen LogP contribution in [0.5, 0.6) is 5.75 Å². The molecule has 1 aliphatic heterocycles. The highest BCUT2D eigenvalue weighted by atomic mass is 16.5. The van der Waals surface area contributed by atoms with Crippen LogP contribution in [0.4, 0.5) is 0 Å². The maximum absolute atomic E-state index is 9.08. The van der Waals surface area contributed by atoms with Crippen molar-refractivity contribution in [3.63, 3.8) is 0 Å². The Bertz CT molecular complexity index is 350. The van der Waals surface area contributed by atoms with Gasteiger partial charge in [-0.25, -0.2) is 0 Å². The normalized spacial score (nSPS) is 20.2. The molecule has 1 aromatic carbocycles. The first kappa shape index (κ1) is 13.4. The van der Waals surface area contributed by atoms with Gasteiger partial charge in [0.05, 0.1) is 0 Å². The molecule has 0 saturated carbocycles. The van der Waals surface area contributed by atoms with Crippen LogP contribution in [0.2, 0.25) is 0 Å². The summed E-state index contributed by atoms with van der Waals surface area (Å²) in [7, 11) is 0. The van der Waals surface area contributed by atoms with Gasteiger partial charge in [0.2, 0.25) is 0 Å². The molecule has 0 radical (unpaired) electrons. The lowest BCUT2D eigenvalue weighted by molar-refractivity contribution is 0.204. The molecule has 1 N–H and O–H groups in total. The summed E-state index contributed by atoms with van der Waals surface area (Å²) >= 11 is 0. The van der Waals surface area contributed by atoms with Gasteiger partial charge in [0.1, 0.15) is 12.4 Å². The van der Waals surface area contributed by atoms with E-state index in [2.05, 4.69) is 24.0 Å². The molecule has 1 unspecified atom stereocenters. The summed E-state index contributed by atoms with van der Waals surface area (Å²) in [6.45, 7) is 6.24. The summed E-state index contributed by atoms with van der Waals surface area (Å²) in [5, 5.41) is 9.08. The lowest BCUT2D eigenvalue weighted by Crippen LogP contribution is -2.26. The van der Waals surface area contributed by atoms with Crippen LogP contribution < -0.4 is 4.74 Å². The minimum atomic E-state index is 0.315. The van der Waals surface area contributed by atoms with E-state index in [9.17, 15) is 0 Å². The first-order chi connectivity index (χ1) is 8.81. The molecule has 1 aliphatic rings. The number of aliphatic hydroxyl groups excluding tert-OH is 1. The van der Waals surface area contributed by atoms with E-state index < -0.39 is 0 Å². The average Bonchev–Trinajstić information content (AvgIpc) is 2.87. The number of aliphatic hydroxyl groups is 1. The SMILES string of the molecule is CCc1ccc(OCCN2CCC(CO)C2)cc1. The second-order valence-corrected chi connectivity index (χ2v) is 4.98. The van der Waals surface area contributed by atoms with Crippen LogP contribution >= 0.6 is 0 Å². The lowest BCUT2D eigenvalue weighted by atomic mass is 10.1. The number of hydrogen-bond donors (Lipinski definition) is 1. The van der Waals surface area contributed by atoms with E-state index in [1.165, 1.54) is 5.56 Å². The summed E-state index contributed by atoms with van der Waals surface area (Å²) in [6.07, 6.45) is 2.18. The van der Waals surface area contributed by atoms with Crippen molar-refractivity contribution < 1.29 is 9.84 Å². The molecule has 0 aliphatic carbocycles. The van der Waals surface area contributed by atoms with Gasteiger partial charge in [0.15, 0.2) is 0 Å². The van der Waals surface area contributed by atoms with Gasteiger partial charge in [0.25, 0.3) is 0 Å². The van der Waals surface area contributed by atoms with Crippen LogP contribution in [0.1, 0.15) is 18.9 Å². The van der Waals surface area contributed by atoms with E-state index in [0.717, 1.165) is 44.8 Å². The van der Waals surface area contributed by atoms with E-state index >= 15 is 0 Å². The van der Waals surface area contributed by atoms with E-state index in [-0.39, 0.29) is 0 Å². The van der Waals surface area contributed by atoms with Crippen molar-refractivity contribution in [2.24, 2.45) is 5.92 Å². The number of nitrogens with zero attached hydrogens (tertiary/aromatic N) is 1. The molecule has 0 amide bonds. The number of hydrogen-bond acceptors (Lipinski definition) is 3. The van der Waals surface area contributed by atoms with Crippen LogP contribution in [-0.4, -0.2) is 42.9 Å². The van der Waals surface area contributed by atoms with Crippen molar-refractivity contribution in [3.8, 4) is 5.75 Å². The van der Waals surface area contributed by atoms with Crippen molar-refractivity contribution >= 4 is 0 Å². The number of rotatable bonds is 6. The molecule has 1 atom stereocenters.